The van der Waals surface area contributed by atoms with Crippen LogP contribution >= 0.6 is 12.2 Å². The maximum atomic E-state index is 13.9. The Bertz CT molecular complexity index is 1070. The molecule has 0 radical (unpaired) electrons. The number of methoxy groups -OCH3 is 1. The summed E-state index contributed by atoms with van der Waals surface area (Å²) in [5.74, 6) is -0.549. The van der Waals surface area contributed by atoms with Gasteiger partial charge in [0.15, 0.2) is 5.11 Å². The molecule has 1 N–H and O–H groups in total. The van der Waals surface area contributed by atoms with Gasteiger partial charge in [0, 0.05) is 36.7 Å². The maximum Gasteiger partial charge on any atom is 0.305 e. The Morgan fingerprint density at radius 1 is 1.23 bits per heavy atom. The van der Waals surface area contributed by atoms with E-state index in [1.54, 1.807) is 12.3 Å². The van der Waals surface area contributed by atoms with E-state index < -0.39 is 0 Å². The molecule has 160 valence electrons. The van der Waals surface area contributed by atoms with Crippen LogP contribution < -0.4 is 5.32 Å². The Morgan fingerprint density at radius 3 is 2.84 bits per heavy atom. The molecule has 3 aromatic rings. The van der Waals surface area contributed by atoms with Crippen LogP contribution in [0, 0.1) is 5.82 Å². The minimum absolute atomic E-state index is 0.182. The fourth-order valence-corrected chi connectivity index (χ4v) is 4.29. The summed E-state index contributed by atoms with van der Waals surface area (Å²) in [5, 5.41) is 3.99. The summed E-state index contributed by atoms with van der Waals surface area (Å²) in [6.07, 6.45) is 4.57. The van der Waals surface area contributed by atoms with E-state index in [0.29, 0.717) is 24.5 Å². The smallest absolute Gasteiger partial charge is 0.305 e. The number of thiocarbonyl (C=S) groups is 1. The van der Waals surface area contributed by atoms with Crippen LogP contribution in [0.4, 0.5) is 4.39 Å². The molecule has 0 saturated carbocycles. The van der Waals surface area contributed by atoms with Crippen LogP contribution in [0.1, 0.15) is 36.3 Å². The first-order valence-electron chi connectivity index (χ1n) is 10.1. The zero-order valence-corrected chi connectivity index (χ0v) is 17.9. The van der Waals surface area contributed by atoms with Gasteiger partial charge < -0.3 is 19.5 Å². The van der Waals surface area contributed by atoms with Crippen LogP contribution in [0.25, 0.3) is 5.69 Å². The molecule has 1 aliphatic heterocycles. The minimum atomic E-state index is -0.298. The van der Waals surface area contributed by atoms with Gasteiger partial charge in [-0.3, -0.25) is 9.78 Å². The predicted molar refractivity (Wildman–Crippen MR) is 119 cm³/mol. The molecule has 0 unspecified atom stereocenters. The Hall–Kier alpha value is -3.26. The second-order valence-corrected chi connectivity index (χ2v) is 7.67. The van der Waals surface area contributed by atoms with Gasteiger partial charge in [0.2, 0.25) is 0 Å². The Labute approximate surface area is 185 Å². The zero-order valence-electron chi connectivity index (χ0n) is 17.1. The van der Waals surface area contributed by atoms with Crippen molar-refractivity contribution in [1.82, 2.24) is 19.8 Å². The first kappa shape index (κ1) is 21.0. The third-order valence-electron chi connectivity index (χ3n) is 5.38. The molecule has 0 aliphatic carbocycles. The quantitative estimate of drug-likeness (QED) is 0.446. The Morgan fingerprint density at radius 2 is 2.10 bits per heavy atom. The topological polar surface area (TPSA) is 59.4 Å². The van der Waals surface area contributed by atoms with E-state index in [4.69, 9.17) is 17.0 Å². The maximum absolute atomic E-state index is 13.9. The van der Waals surface area contributed by atoms with Crippen LogP contribution in [0.15, 0.2) is 67.0 Å². The molecule has 2 atom stereocenters. The first-order chi connectivity index (χ1) is 15.1. The molecule has 3 heterocycles. The van der Waals surface area contributed by atoms with E-state index in [9.17, 15) is 9.18 Å². The van der Waals surface area contributed by atoms with E-state index in [2.05, 4.69) is 15.2 Å². The third-order valence-corrected chi connectivity index (χ3v) is 5.73. The molecular weight excluding hydrogens is 415 g/mol. The average molecular weight is 439 g/mol. The normalized spacial score (nSPS) is 18.1. The lowest BCUT2D eigenvalue weighted by atomic mass is 10.0. The number of carbonyl (C=O) groups is 1. The number of ether oxygens (including phenoxy) is 1. The third kappa shape index (κ3) is 4.44. The molecule has 2 aromatic heterocycles. The van der Waals surface area contributed by atoms with Gasteiger partial charge in [-0.2, -0.15) is 0 Å². The molecule has 0 spiro atoms. The highest BCUT2D eigenvalue weighted by Gasteiger charge is 2.41. The Kier molecular flexibility index (Phi) is 6.27. The fourth-order valence-electron chi connectivity index (χ4n) is 3.96. The van der Waals surface area contributed by atoms with Crippen molar-refractivity contribution in [3.05, 3.63) is 84.2 Å². The van der Waals surface area contributed by atoms with E-state index in [1.807, 2.05) is 47.2 Å². The number of nitrogens with one attached hydrogen (secondary N) is 1. The number of benzene rings is 1. The van der Waals surface area contributed by atoms with Crippen molar-refractivity contribution in [2.24, 2.45) is 0 Å². The van der Waals surface area contributed by atoms with Crippen molar-refractivity contribution in [2.75, 3.05) is 13.7 Å². The van der Waals surface area contributed by atoms with E-state index in [-0.39, 0.29) is 23.9 Å². The van der Waals surface area contributed by atoms with Crippen LogP contribution in [-0.2, 0) is 9.53 Å². The number of aromatic nitrogens is 2. The summed E-state index contributed by atoms with van der Waals surface area (Å²) in [6.45, 7) is 0.573. The number of hydrogen-bond acceptors (Lipinski definition) is 4. The van der Waals surface area contributed by atoms with Crippen LogP contribution in [0.2, 0.25) is 0 Å². The standard InChI is InChI=1S/C23H23FN4O2S/c1-30-20(29)11-6-14-28-22(21(26-23(28)31)18-9-2-3-12-25-18)19-10-5-13-27(19)17-8-4-7-16(24)15-17/h2-5,7-10,12-13,15,21-22H,6,11,14H2,1H3,(H,26,31)/t21-,22-/m1/s1. The molecule has 0 amide bonds. The summed E-state index contributed by atoms with van der Waals surface area (Å²) < 4.78 is 20.6. The van der Waals surface area contributed by atoms with Gasteiger partial charge in [-0.25, -0.2) is 4.39 Å². The number of esters is 1. The average Bonchev–Trinajstić information content (AvgIpc) is 3.39. The highest BCUT2D eigenvalue weighted by atomic mass is 32.1. The van der Waals surface area contributed by atoms with Gasteiger partial charge >= 0.3 is 5.97 Å². The molecule has 4 rings (SSSR count). The largest absolute Gasteiger partial charge is 0.469 e. The van der Waals surface area contributed by atoms with Gasteiger partial charge in [-0.05, 0) is 61.1 Å². The molecule has 1 aliphatic rings. The summed E-state index contributed by atoms with van der Waals surface area (Å²) in [7, 11) is 1.39. The first-order valence-corrected chi connectivity index (χ1v) is 10.5. The van der Waals surface area contributed by atoms with Crippen LogP contribution in [-0.4, -0.2) is 39.2 Å². The van der Waals surface area contributed by atoms with Gasteiger partial charge in [0.25, 0.3) is 0 Å². The minimum Gasteiger partial charge on any atom is -0.469 e. The van der Waals surface area contributed by atoms with Gasteiger partial charge in [-0.15, -0.1) is 0 Å². The molecule has 0 bridgehead atoms. The van der Waals surface area contributed by atoms with Crippen molar-refractivity contribution in [1.29, 1.82) is 0 Å². The fraction of sp³-hybridized carbons (Fsp3) is 0.261. The van der Waals surface area contributed by atoms with Gasteiger partial charge in [0.05, 0.1) is 24.9 Å². The van der Waals surface area contributed by atoms with Crippen molar-refractivity contribution >= 4 is 23.3 Å². The molecule has 1 aromatic carbocycles. The van der Waals surface area contributed by atoms with Crippen LogP contribution in [0.5, 0.6) is 0 Å². The van der Waals surface area contributed by atoms with E-state index >= 15 is 0 Å². The number of rotatable bonds is 7. The second kappa shape index (κ2) is 9.26. The van der Waals surface area contributed by atoms with Crippen molar-refractivity contribution < 1.29 is 13.9 Å². The van der Waals surface area contributed by atoms with E-state index in [0.717, 1.165) is 17.1 Å². The number of pyridine rings is 1. The van der Waals surface area contributed by atoms with Gasteiger partial charge in [0.1, 0.15) is 5.82 Å². The summed E-state index contributed by atoms with van der Waals surface area (Å²) in [4.78, 5) is 18.2. The molecule has 6 nitrogen and oxygen atoms in total. The van der Waals surface area contributed by atoms with Gasteiger partial charge in [-0.1, -0.05) is 12.1 Å². The molecule has 8 heteroatoms. The number of nitrogens with zero attached hydrogens (tertiary/aromatic N) is 3. The SMILES string of the molecule is COC(=O)CCCN1C(=S)N[C@H](c2ccccn2)[C@H]1c1cccn1-c1cccc(F)c1. The van der Waals surface area contributed by atoms with E-state index in [1.165, 1.54) is 19.2 Å². The molecule has 1 saturated heterocycles. The van der Waals surface area contributed by atoms with Crippen molar-refractivity contribution in [3.8, 4) is 5.69 Å². The summed E-state index contributed by atoms with van der Waals surface area (Å²) in [6, 6.07) is 15.8. The number of hydrogen-bond donors (Lipinski definition) is 1. The molecule has 31 heavy (non-hydrogen) atoms. The predicted octanol–water partition coefficient (Wildman–Crippen LogP) is 3.94. The summed E-state index contributed by atoms with van der Waals surface area (Å²) in [5.41, 5.74) is 2.54. The van der Waals surface area contributed by atoms with Crippen LogP contribution in [0.3, 0.4) is 0 Å². The highest BCUT2D eigenvalue weighted by molar-refractivity contribution is 7.80. The zero-order chi connectivity index (χ0) is 21.8. The lowest BCUT2D eigenvalue weighted by molar-refractivity contribution is -0.140. The Balaban J connectivity index is 1.72. The number of carbonyl (C=O) groups excluding carboxylic acids is 1. The number of halogens is 1. The molecular formula is C23H23FN4O2S. The molecule has 1 fully saturated rings. The summed E-state index contributed by atoms with van der Waals surface area (Å²) >= 11 is 5.66. The van der Waals surface area contributed by atoms with Crippen molar-refractivity contribution in [2.45, 2.75) is 24.9 Å². The van der Waals surface area contributed by atoms with Crippen molar-refractivity contribution in [3.63, 3.8) is 0 Å². The lowest BCUT2D eigenvalue weighted by Crippen LogP contribution is -2.31. The second-order valence-electron chi connectivity index (χ2n) is 7.28. The monoisotopic (exact) mass is 438 g/mol. The lowest BCUT2D eigenvalue weighted by Gasteiger charge is -2.29. The highest BCUT2D eigenvalue weighted by Crippen LogP contribution is 2.39.